The van der Waals surface area contributed by atoms with E-state index in [4.69, 9.17) is 26.8 Å². The first kappa shape index (κ1) is 14.9. The highest BCUT2D eigenvalue weighted by Crippen LogP contribution is 2.34. The van der Waals surface area contributed by atoms with Crippen molar-refractivity contribution in [2.75, 3.05) is 20.0 Å². The lowest BCUT2D eigenvalue weighted by atomic mass is 10.2. The molecule has 106 valence electrons. The molecular weight excluding hydrogens is 294 g/mol. The molecule has 0 aliphatic heterocycles. The molecule has 0 fully saturated rings. The third-order valence-corrected chi connectivity index (χ3v) is 4.22. The average Bonchev–Trinajstić information content (AvgIpc) is 2.46. The van der Waals surface area contributed by atoms with E-state index in [1.165, 1.54) is 0 Å². The molecule has 0 heterocycles. The van der Waals surface area contributed by atoms with E-state index >= 15 is 0 Å². The molecule has 0 spiro atoms. The summed E-state index contributed by atoms with van der Waals surface area (Å²) in [6.07, 6.45) is 0. The summed E-state index contributed by atoms with van der Waals surface area (Å²) in [5.74, 6) is 2.39. The van der Waals surface area contributed by atoms with Gasteiger partial charge in [-0.15, -0.1) is 11.8 Å². The molecule has 2 N–H and O–H groups in total. The predicted molar refractivity (Wildman–Crippen MR) is 85.0 cm³/mol. The van der Waals surface area contributed by atoms with Crippen LogP contribution in [0.4, 0.5) is 5.69 Å². The quantitative estimate of drug-likeness (QED) is 0.663. The van der Waals surface area contributed by atoms with Gasteiger partial charge in [-0.3, -0.25) is 0 Å². The molecule has 0 saturated carbocycles. The fraction of sp³-hybridized carbons (Fsp3) is 0.200. The third kappa shape index (κ3) is 3.52. The number of nitrogen functional groups attached to an aromatic ring is 1. The molecule has 2 aromatic carbocycles. The van der Waals surface area contributed by atoms with Crippen molar-refractivity contribution >= 4 is 29.1 Å². The van der Waals surface area contributed by atoms with Gasteiger partial charge in [-0.1, -0.05) is 11.6 Å². The Bertz CT molecular complexity index is 604. The van der Waals surface area contributed by atoms with Crippen molar-refractivity contribution in [2.45, 2.75) is 10.6 Å². The van der Waals surface area contributed by atoms with Crippen LogP contribution < -0.4 is 15.2 Å². The largest absolute Gasteiger partial charge is 0.497 e. The van der Waals surface area contributed by atoms with Crippen LogP contribution in [0.25, 0.3) is 0 Å². The average molecular weight is 310 g/mol. The zero-order valence-corrected chi connectivity index (χ0v) is 12.9. The maximum atomic E-state index is 5.95. The molecule has 3 nitrogen and oxygen atoms in total. The number of nitrogens with two attached hydrogens (primary N) is 1. The lowest BCUT2D eigenvalue weighted by Gasteiger charge is -2.11. The Morgan fingerprint density at radius 2 is 1.90 bits per heavy atom. The van der Waals surface area contributed by atoms with Crippen LogP contribution in [0.2, 0.25) is 5.02 Å². The van der Waals surface area contributed by atoms with Gasteiger partial charge in [-0.25, -0.2) is 0 Å². The molecule has 0 aliphatic rings. The number of hydrogen-bond acceptors (Lipinski definition) is 4. The summed E-state index contributed by atoms with van der Waals surface area (Å²) in [5.41, 5.74) is 7.70. The molecule has 20 heavy (non-hydrogen) atoms. The lowest BCUT2D eigenvalue weighted by Crippen LogP contribution is -1.93. The van der Waals surface area contributed by atoms with Crippen molar-refractivity contribution in [3.8, 4) is 11.5 Å². The van der Waals surface area contributed by atoms with E-state index in [0.717, 1.165) is 27.7 Å². The van der Waals surface area contributed by atoms with Crippen molar-refractivity contribution < 1.29 is 9.47 Å². The Kier molecular flexibility index (Phi) is 5.04. The molecular formula is C15H16ClNO2S. The first-order valence-electron chi connectivity index (χ1n) is 6.02. The summed E-state index contributed by atoms with van der Waals surface area (Å²) in [7, 11) is 3.31. The highest BCUT2D eigenvalue weighted by Gasteiger charge is 2.07. The van der Waals surface area contributed by atoms with Gasteiger partial charge < -0.3 is 15.2 Å². The lowest BCUT2D eigenvalue weighted by molar-refractivity contribution is 0.400. The van der Waals surface area contributed by atoms with Crippen LogP contribution in [-0.2, 0) is 5.75 Å². The van der Waals surface area contributed by atoms with Gasteiger partial charge in [0.1, 0.15) is 11.5 Å². The van der Waals surface area contributed by atoms with E-state index in [1.807, 2.05) is 30.3 Å². The highest BCUT2D eigenvalue weighted by molar-refractivity contribution is 7.98. The maximum Gasteiger partial charge on any atom is 0.123 e. The Balaban J connectivity index is 2.17. The first-order chi connectivity index (χ1) is 9.63. The number of benzene rings is 2. The van der Waals surface area contributed by atoms with Gasteiger partial charge in [-0.2, -0.15) is 0 Å². The molecule has 0 unspecified atom stereocenters. The van der Waals surface area contributed by atoms with Gasteiger partial charge >= 0.3 is 0 Å². The Morgan fingerprint density at radius 3 is 2.55 bits per heavy atom. The summed E-state index contributed by atoms with van der Waals surface area (Å²) in [6, 6.07) is 11.3. The van der Waals surface area contributed by atoms with E-state index in [0.29, 0.717) is 10.7 Å². The number of anilines is 1. The van der Waals surface area contributed by atoms with Crippen molar-refractivity contribution in [3.63, 3.8) is 0 Å². The predicted octanol–water partition coefficient (Wildman–Crippen LogP) is 4.23. The van der Waals surface area contributed by atoms with Crippen LogP contribution in [0, 0.1) is 0 Å². The Labute approximate surface area is 128 Å². The topological polar surface area (TPSA) is 44.5 Å². The van der Waals surface area contributed by atoms with Gasteiger partial charge in [0.2, 0.25) is 0 Å². The van der Waals surface area contributed by atoms with Crippen LogP contribution >= 0.6 is 23.4 Å². The van der Waals surface area contributed by atoms with Crippen LogP contribution in [0.1, 0.15) is 5.56 Å². The molecule has 2 aromatic rings. The second-order valence-electron chi connectivity index (χ2n) is 4.15. The van der Waals surface area contributed by atoms with E-state index in [2.05, 4.69) is 0 Å². The van der Waals surface area contributed by atoms with Gasteiger partial charge in [-0.05, 0) is 36.4 Å². The van der Waals surface area contributed by atoms with Gasteiger partial charge in [0.05, 0.1) is 14.2 Å². The molecule has 0 radical (unpaired) electrons. The van der Waals surface area contributed by atoms with Crippen LogP contribution in [0.15, 0.2) is 41.3 Å². The van der Waals surface area contributed by atoms with Gasteiger partial charge in [0.25, 0.3) is 0 Å². The second-order valence-corrected chi connectivity index (χ2v) is 5.60. The first-order valence-corrected chi connectivity index (χ1v) is 7.39. The van der Waals surface area contributed by atoms with Crippen molar-refractivity contribution in [3.05, 3.63) is 47.0 Å². The van der Waals surface area contributed by atoms with Crippen LogP contribution in [0.5, 0.6) is 11.5 Å². The maximum absolute atomic E-state index is 5.95. The van der Waals surface area contributed by atoms with E-state index < -0.39 is 0 Å². The number of methoxy groups -OCH3 is 2. The van der Waals surface area contributed by atoms with Crippen molar-refractivity contribution in [1.29, 1.82) is 0 Å². The number of ether oxygens (including phenoxy) is 2. The summed E-state index contributed by atoms with van der Waals surface area (Å²) >= 11 is 7.53. The number of rotatable bonds is 5. The molecule has 0 aromatic heterocycles. The number of halogens is 1. The summed E-state index contributed by atoms with van der Waals surface area (Å²) in [4.78, 5) is 0.999. The van der Waals surface area contributed by atoms with E-state index in [1.54, 1.807) is 32.0 Å². The number of thioether (sulfide) groups is 1. The minimum Gasteiger partial charge on any atom is -0.497 e. The molecule has 0 aliphatic carbocycles. The zero-order valence-electron chi connectivity index (χ0n) is 11.4. The molecule has 5 heteroatoms. The Morgan fingerprint density at radius 1 is 1.10 bits per heavy atom. The Hall–Kier alpha value is -1.52. The monoisotopic (exact) mass is 309 g/mol. The van der Waals surface area contributed by atoms with Crippen LogP contribution in [0.3, 0.4) is 0 Å². The van der Waals surface area contributed by atoms with Gasteiger partial charge in [0.15, 0.2) is 0 Å². The fourth-order valence-corrected chi connectivity index (χ4v) is 2.91. The minimum absolute atomic E-state index is 0.644. The molecule has 0 atom stereocenters. The smallest absolute Gasteiger partial charge is 0.123 e. The third-order valence-electron chi connectivity index (χ3n) is 2.84. The van der Waals surface area contributed by atoms with E-state index in [9.17, 15) is 0 Å². The second kappa shape index (κ2) is 6.77. The summed E-state index contributed by atoms with van der Waals surface area (Å²) in [5, 5.41) is 0.644. The van der Waals surface area contributed by atoms with E-state index in [-0.39, 0.29) is 0 Å². The SMILES string of the molecule is COc1ccc(OC)c(CSc2ccc(Cl)cc2N)c1. The fourth-order valence-electron chi connectivity index (χ4n) is 1.80. The summed E-state index contributed by atoms with van der Waals surface area (Å²) in [6.45, 7) is 0. The molecule has 0 bridgehead atoms. The molecule has 0 amide bonds. The highest BCUT2D eigenvalue weighted by atomic mass is 35.5. The van der Waals surface area contributed by atoms with Crippen molar-refractivity contribution in [1.82, 2.24) is 0 Å². The number of hydrogen-bond donors (Lipinski definition) is 1. The van der Waals surface area contributed by atoms with Gasteiger partial charge in [0, 0.05) is 26.9 Å². The molecule has 0 saturated heterocycles. The molecule has 2 rings (SSSR count). The van der Waals surface area contributed by atoms with Crippen LogP contribution in [-0.4, -0.2) is 14.2 Å². The van der Waals surface area contributed by atoms with Crippen molar-refractivity contribution in [2.24, 2.45) is 0 Å². The summed E-state index contributed by atoms with van der Waals surface area (Å²) < 4.78 is 10.6. The zero-order chi connectivity index (χ0) is 14.5. The minimum atomic E-state index is 0.644. The normalized spacial score (nSPS) is 10.3. The standard InChI is InChI=1S/C15H16ClNO2S/c1-18-12-4-5-14(19-2)10(7-12)9-20-15-6-3-11(16)8-13(15)17/h3-8H,9,17H2,1-2H3.